The molecule has 0 saturated carbocycles. The summed E-state index contributed by atoms with van der Waals surface area (Å²) in [5.41, 5.74) is 4.23. The summed E-state index contributed by atoms with van der Waals surface area (Å²) in [5.74, 6) is 0.396. The van der Waals surface area contributed by atoms with Gasteiger partial charge in [-0.3, -0.25) is 4.79 Å². The van der Waals surface area contributed by atoms with Gasteiger partial charge in [-0.05, 0) is 23.1 Å². The molecular weight excluding hydrogens is 354 g/mol. The monoisotopic (exact) mass is 379 g/mol. The molecule has 0 aliphatic heterocycles. The molecule has 0 N–H and O–H groups in total. The highest BCUT2D eigenvalue weighted by molar-refractivity contribution is 5.94. The Morgan fingerprint density at radius 3 is 2.29 bits per heavy atom. The van der Waals surface area contributed by atoms with Crippen molar-refractivity contribution in [2.45, 2.75) is 26.2 Å². The van der Waals surface area contributed by atoms with Crippen LogP contribution in [0.15, 0.2) is 42.7 Å². The second-order valence-electron chi connectivity index (χ2n) is 7.27. The van der Waals surface area contributed by atoms with Gasteiger partial charge in [-0.15, -0.1) is 0 Å². The normalized spacial score (nSPS) is 11.1. The number of ether oxygens (including phenoxy) is 1. The molecule has 2 aromatic heterocycles. The molecule has 2 heterocycles. The van der Waals surface area contributed by atoms with Crippen LogP contribution in [0.25, 0.3) is 11.1 Å². The van der Waals surface area contributed by atoms with Gasteiger partial charge < -0.3 is 13.9 Å². The number of nitrogens with zero attached hydrogens (tertiary/aromatic N) is 3. The van der Waals surface area contributed by atoms with Crippen LogP contribution in [0, 0.1) is 0 Å². The van der Waals surface area contributed by atoms with Gasteiger partial charge in [0.05, 0.1) is 12.8 Å². The number of imidazole rings is 1. The molecular formula is C22H25N3O3. The number of benzene rings is 1. The molecule has 28 heavy (non-hydrogen) atoms. The number of carbonyl (C=O) groups is 2. The highest BCUT2D eigenvalue weighted by atomic mass is 16.5. The Hall–Kier alpha value is -3.15. The minimum absolute atomic E-state index is 0.00478. The fourth-order valence-corrected chi connectivity index (χ4v) is 3.14. The average molecular weight is 379 g/mol. The van der Waals surface area contributed by atoms with Gasteiger partial charge in [0.2, 0.25) is 5.78 Å². The first kappa shape index (κ1) is 19.6. The molecule has 0 amide bonds. The highest BCUT2D eigenvalue weighted by Crippen LogP contribution is 2.23. The molecule has 0 spiro atoms. The number of ketones is 1. The van der Waals surface area contributed by atoms with Crippen LogP contribution in [0.4, 0.5) is 0 Å². The number of rotatable bonds is 6. The number of esters is 1. The van der Waals surface area contributed by atoms with E-state index in [0.29, 0.717) is 17.9 Å². The van der Waals surface area contributed by atoms with E-state index in [1.54, 1.807) is 22.2 Å². The number of carbonyl (C=O) groups excluding carboxylic acids is 2. The highest BCUT2D eigenvalue weighted by Gasteiger charge is 2.16. The molecule has 146 valence electrons. The van der Waals surface area contributed by atoms with Crippen molar-refractivity contribution >= 4 is 11.8 Å². The summed E-state index contributed by atoms with van der Waals surface area (Å²) in [6.45, 7) is 4.12. The summed E-state index contributed by atoms with van der Waals surface area (Å²) < 4.78 is 8.33. The molecule has 3 aromatic rings. The summed E-state index contributed by atoms with van der Waals surface area (Å²) in [5, 5.41) is 0. The van der Waals surface area contributed by atoms with E-state index in [0.717, 1.165) is 22.4 Å². The first-order valence-electron chi connectivity index (χ1n) is 9.20. The van der Waals surface area contributed by atoms with E-state index in [1.807, 2.05) is 43.7 Å². The van der Waals surface area contributed by atoms with Gasteiger partial charge in [0.25, 0.3) is 0 Å². The van der Waals surface area contributed by atoms with Crippen LogP contribution in [0.1, 0.15) is 52.1 Å². The van der Waals surface area contributed by atoms with Gasteiger partial charge in [0.15, 0.2) is 5.82 Å². The molecule has 0 bridgehead atoms. The van der Waals surface area contributed by atoms with Crippen molar-refractivity contribution in [3.05, 3.63) is 65.5 Å². The van der Waals surface area contributed by atoms with Crippen molar-refractivity contribution < 1.29 is 14.3 Å². The Morgan fingerprint density at radius 1 is 1.04 bits per heavy atom. The predicted molar refractivity (Wildman–Crippen MR) is 108 cm³/mol. The van der Waals surface area contributed by atoms with E-state index in [1.165, 1.54) is 7.11 Å². The largest absolute Gasteiger partial charge is 0.464 e. The van der Waals surface area contributed by atoms with Gasteiger partial charge in [0, 0.05) is 38.5 Å². The number of hydrogen-bond acceptors (Lipinski definition) is 4. The Labute approximate surface area is 164 Å². The maximum atomic E-state index is 12.6. The molecule has 0 aliphatic carbocycles. The Balaban J connectivity index is 1.76. The van der Waals surface area contributed by atoms with Crippen molar-refractivity contribution in [3.63, 3.8) is 0 Å². The summed E-state index contributed by atoms with van der Waals surface area (Å²) in [6, 6.07) is 9.58. The Kier molecular flexibility index (Phi) is 5.49. The predicted octanol–water partition coefficient (Wildman–Crippen LogP) is 3.76. The van der Waals surface area contributed by atoms with Gasteiger partial charge in [-0.1, -0.05) is 38.1 Å². The third-order valence-corrected chi connectivity index (χ3v) is 4.79. The number of aromatic nitrogens is 3. The SMILES string of the molecule is COC(=O)c1cc(-c2ccc(CC(=O)c3nc(C(C)C)cn3C)cc2)cn1C. The average Bonchev–Trinajstić information content (AvgIpc) is 3.25. The van der Waals surface area contributed by atoms with Crippen molar-refractivity contribution in [3.8, 4) is 11.1 Å². The molecule has 0 atom stereocenters. The Morgan fingerprint density at radius 2 is 1.71 bits per heavy atom. The van der Waals surface area contributed by atoms with Gasteiger partial charge >= 0.3 is 5.97 Å². The molecule has 0 aliphatic rings. The van der Waals surface area contributed by atoms with E-state index >= 15 is 0 Å². The molecule has 0 unspecified atom stereocenters. The van der Waals surface area contributed by atoms with Crippen LogP contribution in [0.5, 0.6) is 0 Å². The summed E-state index contributed by atoms with van der Waals surface area (Å²) in [6.07, 6.45) is 4.09. The van der Waals surface area contributed by atoms with E-state index in [9.17, 15) is 9.59 Å². The molecule has 1 aromatic carbocycles. The lowest BCUT2D eigenvalue weighted by Crippen LogP contribution is -2.10. The van der Waals surface area contributed by atoms with Gasteiger partial charge in [0.1, 0.15) is 5.69 Å². The lowest BCUT2D eigenvalue weighted by molar-refractivity contribution is 0.0590. The standard InChI is InChI=1S/C22H25N3O3/c1-14(2)18-13-25(4)21(23-18)20(26)10-15-6-8-16(9-7-15)17-11-19(22(27)28-5)24(3)12-17/h6-9,11-14H,10H2,1-5H3. The van der Waals surface area contributed by atoms with Crippen LogP contribution >= 0.6 is 0 Å². The van der Waals surface area contributed by atoms with Crippen LogP contribution in [0.3, 0.4) is 0 Å². The molecule has 6 nitrogen and oxygen atoms in total. The van der Waals surface area contributed by atoms with Crippen LogP contribution in [0.2, 0.25) is 0 Å². The van der Waals surface area contributed by atoms with E-state index in [4.69, 9.17) is 4.74 Å². The zero-order valence-corrected chi connectivity index (χ0v) is 16.9. The topological polar surface area (TPSA) is 66.1 Å². The van der Waals surface area contributed by atoms with Crippen LogP contribution in [-0.4, -0.2) is 33.0 Å². The fraction of sp³-hybridized carbons (Fsp3) is 0.318. The second kappa shape index (κ2) is 7.84. The third-order valence-electron chi connectivity index (χ3n) is 4.79. The molecule has 3 rings (SSSR count). The number of hydrogen-bond donors (Lipinski definition) is 0. The van der Waals surface area contributed by atoms with Crippen molar-refractivity contribution in [1.29, 1.82) is 0 Å². The van der Waals surface area contributed by atoms with Crippen molar-refractivity contribution in [1.82, 2.24) is 14.1 Å². The van der Waals surface area contributed by atoms with E-state index in [-0.39, 0.29) is 17.7 Å². The van der Waals surface area contributed by atoms with Crippen molar-refractivity contribution in [2.75, 3.05) is 7.11 Å². The van der Waals surface area contributed by atoms with Crippen LogP contribution < -0.4 is 0 Å². The van der Waals surface area contributed by atoms with E-state index < -0.39 is 0 Å². The maximum absolute atomic E-state index is 12.6. The molecule has 0 fully saturated rings. The minimum Gasteiger partial charge on any atom is -0.464 e. The maximum Gasteiger partial charge on any atom is 0.354 e. The fourth-order valence-electron chi connectivity index (χ4n) is 3.14. The smallest absolute Gasteiger partial charge is 0.354 e. The Bertz CT molecular complexity index is 1010. The minimum atomic E-state index is -0.369. The zero-order valence-electron chi connectivity index (χ0n) is 16.9. The number of aryl methyl sites for hydroxylation is 2. The number of Topliss-reactive ketones (excluding diaryl/α,β-unsaturated/α-hetero) is 1. The lowest BCUT2D eigenvalue weighted by Gasteiger charge is -2.03. The third kappa shape index (κ3) is 3.91. The summed E-state index contributed by atoms with van der Waals surface area (Å²) in [7, 11) is 5.02. The number of methoxy groups -OCH3 is 1. The van der Waals surface area contributed by atoms with Crippen LogP contribution in [-0.2, 0) is 25.3 Å². The summed E-state index contributed by atoms with van der Waals surface area (Å²) in [4.78, 5) is 28.9. The van der Waals surface area contributed by atoms with Gasteiger partial charge in [-0.2, -0.15) is 0 Å². The first-order valence-corrected chi connectivity index (χ1v) is 9.20. The quantitative estimate of drug-likeness (QED) is 0.483. The first-order chi connectivity index (χ1) is 13.3. The molecule has 6 heteroatoms. The van der Waals surface area contributed by atoms with E-state index in [2.05, 4.69) is 18.8 Å². The summed E-state index contributed by atoms with van der Waals surface area (Å²) >= 11 is 0. The molecule has 0 radical (unpaired) electrons. The zero-order chi connectivity index (χ0) is 20.4. The van der Waals surface area contributed by atoms with Crippen molar-refractivity contribution in [2.24, 2.45) is 14.1 Å². The van der Waals surface area contributed by atoms with Gasteiger partial charge in [-0.25, -0.2) is 9.78 Å². The lowest BCUT2D eigenvalue weighted by atomic mass is 10.0. The molecule has 0 saturated heterocycles. The second-order valence-corrected chi connectivity index (χ2v) is 7.27.